The molecule has 12 heteroatoms. The van der Waals surface area contributed by atoms with Crippen LogP contribution in [0, 0.1) is 18.3 Å². The van der Waals surface area contributed by atoms with Crippen molar-refractivity contribution in [1.82, 2.24) is 14.1 Å². The highest BCUT2D eigenvalue weighted by molar-refractivity contribution is 5.82. The predicted molar refractivity (Wildman–Crippen MR) is 134 cm³/mol. The zero-order chi connectivity index (χ0) is 27.3. The van der Waals surface area contributed by atoms with Crippen molar-refractivity contribution in [3.63, 3.8) is 0 Å². The van der Waals surface area contributed by atoms with E-state index in [1.807, 2.05) is 0 Å². The number of aryl methyl sites for hydroxylation is 2. The van der Waals surface area contributed by atoms with Crippen LogP contribution in [0.2, 0.25) is 0 Å². The third-order valence-electron chi connectivity index (χ3n) is 6.70. The van der Waals surface area contributed by atoms with E-state index in [1.165, 1.54) is 21.0 Å². The van der Waals surface area contributed by atoms with Crippen LogP contribution in [0.25, 0.3) is 15.9 Å². The van der Waals surface area contributed by atoms with E-state index in [0.717, 1.165) is 6.07 Å². The van der Waals surface area contributed by atoms with Crippen LogP contribution >= 0.6 is 0 Å². The molecule has 0 unspecified atom stereocenters. The lowest BCUT2D eigenvalue weighted by Gasteiger charge is -2.41. The first-order chi connectivity index (χ1) is 17.2. The Morgan fingerprint density at radius 3 is 2.59 bits per heavy atom. The molecule has 37 heavy (non-hydrogen) atoms. The number of nitrogens with one attached hydrogen (secondary N) is 1. The number of aliphatic hydroxyl groups excluding tert-OH is 1. The molecule has 1 aliphatic heterocycles. The monoisotopic (exact) mass is 518 g/mol. The van der Waals surface area contributed by atoms with Crippen molar-refractivity contribution in [3.05, 3.63) is 52.0 Å². The van der Waals surface area contributed by atoms with Crippen molar-refractivity contribution in [3.8, 4) is 0 Å². The molecule has 0 aliphatic carbocycles. The summed E-state index contributed by atoms with van der Waals surface area (Å²) in [5.74, 6) is -5.56. The first-order valence-corrected chi connectivity index (χ1v) is 11.8. The van der Waals surface area contributed by atoms with E-state index < -0.39 is 35.9 Å². The van der Waals surface area contributed by atoms with E-state index >= 15 is 0 Å². The summed E-state index contributed by atoms with van der Waals surface area (Å²) in [6.07, 6.45) is -1.63. The maximum atomic E-state index is 14.9. The molecule has 2 atom stereocenters. The molecule has 3 heterocycles. The predicted octanol–water partition coefficient (Wildman–Crippen LogP) is 3.78. The third-order valence-corrected chi connectivity index (χ3v) is 6.70. The number of anilines is 3. The van der Waals surface area contributed by atoms with E-state index in [4.69, 9.17) is 6.57 Å². The van der Waals surface area contributed by atoms with Crippen LogP contribution in [-0.2, 0) is 13.6 Å². The van der Waals surface area contributed by atoms with Crippen LogP contribution in [-0.4, -0.2) is 55.0 Å². The fourth-order valence-electron chi connectivity index (χ4n) is 4.46. The fraction of sp³-hybridized carbons (Fsp3) is 0.480. The molecule has 198 valence electrons. The third kappa shape index (κ3) is 5.01. The second-order valence-electron chi connectivity index (χ2n) is 10.2. The summed E-state index contributed by atoms with van der Waals surface area (Å²) >= 11 is 0. The van der Waals surface area contributed by atoms with Gasteiger partial charge in [0.25, 0.3) is 5.92 Å². The number of nitrogens with zero attached hydrogens (tertiary/aromatic N) is 5. The number of hydrogen-bond donors (Lipinski definition) is 3. The summed E-state index contributed by atoms with van der Waals surface area (Å²) in [6, 6.07) is 5.95. The molecule has 0 spiro atoms. The van der Waals surface area contributed by atoms with Gasteiger partial charge in [-0.2, -0.15) is 0 Å². The number of aromatic nitrogens is 3. The second kappa shape index (κ2) is 9.39. The van der Waals surface area contributed by atoms with E-state index in [-0.39, 0.29) is 36.1 Å². The van der Waals surface area contributed by atoms with Gasteiger partial charge >= 0.3 is 5.69 Å². The van der Waals surface area contributed by atoms with Crippen molar-refractivity contribution in [1.29, 1.82) is 0 Å². The molecule has 0 bridgehead atoms. The Morgan fingerprint density at radius 2 is 1.97 bits per heavy atom. The molecule has 1 fully saturated rings. The lowest BCUT2D eigenvalue weighted by Crippen LogP contribution is -2.56. The summed E-state index contributed by atoms with van der Waals surface area (Å²) in [7, 11) is 1.63. The van der Waals surface area contributed by atoms with E-state index in [1.54, 1.807) is 39.1 Å². The molecule has 1 aromatic carbocycles. The number of rotatable bonds is 6. The number of aliphatic hydroxyl groups is 2. The van der Waals surface area contributed by atoms with Gasteiger partial charge in [0.05, 0.1) is 29.8 Å². The number of hydrogen-bond acceptors (Lipinski definition) is 6. The highest BCUT2D eigenvalue weighted by Gasteiger charge is 2.49. The number of β-amino-alcohol motifs (C(OH)–C–C–N with tert-alkyl or cyclic N) is 1. The van der Waals surface area contributed by atoms with Crippen molar-refractivity contribution < 1.29 is 23.4 Å². The number of benzene rings is 1. The summed E-state index contributed by atoms with van der Waals surface area (Å²) < 4.78 is 46.2. The molecule has 0 amide bonds. The number of alkyl halides is 2. The molecule has 0 radical (unpaired) electrons. The number of halogens is 3. The molecular weight excluding hydrogens is 489 g/mol. The van der Waals surface area contributed by atoms with Crippen LogP contribution in [0.3, 0.4) is 0 Å². The molecule has 2 aromatic heterocycles. The SMILES string of the molecule is [C-]#[N+]c1cc(F)c(Nc2ccc3c(c2)n(CCC(C)(C)O)c(=O)n3C)nc1N1C[C@@H](O)C(F)(F)[C@@H](C)C1. The molecule has 9 nitrogen and oxygen atoms in total. The van der Waals surface area contributed by atoms with Gasteiger partial charge in [-0.25, -0.2) is 27.8 Å². The Kier molecular flexibility index (Phi) is 6.73. The average Bonchev–Trinajstić information content (AvgIpc) is 3.05. The van der Waals surface area contributed by atoms with E-state index in [0.29, 0.717) is 23.1 Å². The summed E-state index contributed by atoms with van der Waals surface area (Å²) in [4.78, 5) is 21.7. The van der Waals surface area contributed by atoms with Gasteiger partial charge in [-0.15, -0.1) is 0 Å². The van der Waals surface area contributed by atoms with Gasteiger partial charge in [-0.1, -0.05) is 6.92 Å². The summed E-state index contributed by atoms with van der Waals surface area (Å²) in [5, 5.41) is 22.9. The zero-order valence-electron chi connectivity index (χ0n) is 21.0. The van der Waals surface area contributed by atoms with Crippen LogP contribution < -0.4 is 15.9 Å². The molecule has 0 saturated carbocycles. The van der Waals surface area contributed by atoms with Crippen molar-refractivity contribution in [2.24, 2.45) is 13.0 Å². The number of imidazole rings is 1. The largest absolute Gasteiger partial charge is 0.390 e. The minimum Gasteiger partial charge on any atom is -0.390 e. The fourth-order valence-corrected chi connectivity index (χ4v) is 4.46. The van der Waals surface area contributed by atoms with Crippen LogP contribution in [0.15, 0.2) is 29.1 Å². The lowest BCUT2D eigenvalue weighted by atomic mass is 9.93. The first-order valence-electron chi connectivity index (χ1n) is 11.8. The van der Waals surface area contributed by atoms with E-state index in [2.05, 4.69) is 15.1 Å². The number of fused-ring (bicyclic) bond motifs is 1. The van der Waals surface area contributed by atoms with Crippen LogP contribution in [0.5, 0.6) is 0 Å². The minimum atomic E-state index is -3.29. The topological polar surface area (TPSA) is 99.9 Å². The highest BCUT2D eigenvalue weighted by atomic mass is 19.3. The molecule has 3 N–H and O–H groups in total. The second-order valence-corrected chi connectivity index (χ2v) is 10.2. The van der Waals surface area contributed by atoms with Gasteiger partial charge in [0.2, 0.25) is 5.69 Å². The van der Waals surface area contributed by atoms with Gasteiger partial charge < -0.3 is 20.4 Å². The van der Waals surface area contributed by atoms with E-state index in [9.17, 15) is 28.2 Å². The first kappa shape index (κ1) is 26.5. The number of pyridine rings is 1. The normalized spacial score (nSPS) is 19.7. The molecule has 3 aromatic rings. The molecule has 1 saturated heterocycles. The maximum Gasteiger partial charge on any atom is 0.328 e. The van der Waals surface area contributed by atoms with Crippen LogP contribution in [0.1, 0.15) is 27.2 Å². The van der Waals surface area contributed by atoms with Crippen molar-refractivity contribution >= 4 is 34.0 Å². The standard InChI is InChI=1S/C25H29F3N6O3/c1-14-12-33(13-20(35)25(14,27)28)22-17(29-4)11-16(26)21(31-22)30-15-6-7-18-19(10-15)34(23(36)32(18)5)9-8-24(2,3)37/h6-7,10-11,14,20,35,37H,8-9,12-13H2,1-3,5H3,(H,30,31)/t14-,20+/m0/s1. The average molecular weight is 519 g/mol. The Hall–Kier alpha value is -3.56. The molecule has 1 aliphatic rings. The summed E-state index contributed by atoms with van der Waals surface area (Å²) in [6.45, 7) is 11.6. The Morgan fingerprint density at radius 1 is 1.27 bits per heavy atom. The van der Waals surface area contributed by atoms with Crippen molar-refractivity contribution in [2.75, 3.05) is 23.3 Å². The van der Waals surface area contributed by atoms with Gasteiger partial charge in [-0.05, 0) is 44.5 Å². The Bertz CT molecular complexity index is 1420. The molecular formula is C25H29F3N6O3. The lowest BCUT2D eigenvalue weighted by molar-refractivity contribution is -0.149. The van der Waals surface area contributed by atoms with Crippen molar-refractivity contribution in [2.45, 2.75) is 51.4 Å². The minimum absolute atomic E-state index is 0.0109. The van der Waals surface area contributed by atoms with Gasteiger partial charge in [0.15, 0.2) is 11.6 Å². The smallest absolute Gasteiger partial charge is 0.328 e. The van der Waals surface area contributed by atoms with Gasteiger partial charge in [0.1, 0.15) is 11.9 Å². The summed E-state index contributed by atoms with van der Waals surface area (Å²) in [5.41, 5.74) is 0.207. The van der Waals surface area contributed by atoms with Crippen LogP contribution in [0.4, 0.5) is 36.2 Å². The Balaban J connectivity index is 1.70. The highest BCUT2D eigenvalue weighted by Crippen LogP contribution is 2.39. The van der Waals surface area contributed by atoms with Gasteiger partial charge in [0, 0.05) is 31.7 Å². The zero-order valence-corrected chi connectivity index (χ0v) is 21.0. The van der Waals surface area contributed by atoms with Gasteiger partial charge in [-0.3, -0.25) is 9.13 Å². The quantitative estimate of drug-likeness (QED) is 0.430. The Labute approximate surface area is 211 Å². The number of piperidine rings is 1. The molecule has 4 rings (SSSR count). The maximum absolute atomic E-state index is 14.9.